The van der Waals surface area contributed by atoms with Crippen molar-refractivity contribution in [3.8, 4) is 0 Å². The summed E-state index contributed by atoms with van der Waals surface area (Å²) in [6.45, 7) is 0.609. The monoisotopic (exact) mass is 326 g/mol. The highest BCUT2D eigenvalue weighted by atomic mass is 19.1. The summed E-state index contributed by atoms with van der Waals surface area (Å²) in [5.74, 6) is -0.796. The molecule has 0 aliphatic carbocycles. The van der Waals surface area contributed by atoms with Crippen LogP contribution in [0.1, 0.15) is 17.5 Å². The summed E-state index contributed by atoms with van der Waals surface area (Å²) in [7, 11) is 0. The molecule has 0 fully saturated rings. The number of para-hydroxylation sites is 1. The predicted molar refractivity (Wildman–Crippen MR) is 90.2 cm³/mol. The second kappa shape index (κ2) is 7.25. The van der Waals surface area contributed by atoms with E-state index in [2.05, 4.69) is 5.32 Å². The molecule has 0 saturated carbocycles. The summed E-state index contributed by atoms with van der Waals surface area (Å²) >= 11 is 0. The molecule has 1 N–H and O–H groups in total. The zero-order valence-corrected chi connectivity index (χ0v) is 13.3. The van der Waals surface area contributed by atoms with Crippen molar-refractivity contribution in [3.63, 3.8) is 0 Å². The van der Waals surface area contributed by atoms with Gasteiger partial charge < -0.3 is 10.2 Å². The molecule has 1 aliphatic rings. The Balaban J connectivity index is 1.57. The average Bonchev–Trinajstić information content (AvgIpc) is 2.59. The number of hydrogen-bond acceptors (Lipinski definition) is 2. The first-order chi connectivity index (χ1) is 11.6. The van der Waals surface area contributed by atoms with Gasteiger partial charge in [0.05, 0.1) is 13.0 Å². The lowest BCUT2D eigenvalue weighted by Gasteiger charge is -2.29. The van der Waals surface area contributed by atoms with Gasteiger partial charge in [-0.3, -0.25) is 9.59 Å². The van der Waals surface area contributed by atoms with Crippen LogP contribution in [-0.2, 0) is 22.4 Å². The summed E-state index contributed by atoms with van der Waals surface area (Å²) < 4.78 is 13.1. The molecule has 2 aromatic rings. The van der Waals surface area contributed by atoms with Crippen LogP contribution in [0.15, 0.2) is 48.5 Å². The second-order valence-electron chi connectivity index (χ2n) is 5.86. The number of nitrogens with zero attached hydrogens (tertiary/aromatic N) is 1. The van der Waals surface area contributed by atoms with E-state index in [1.807, 2.05) is 24.3 Å². The van der Waals surface area contributed by atoms with E-state index in [1.165, 1.54) is 12.1 Å². The first-order valence-corrected chi connectivity index (χ1v) is 8.03. The Morgan fingerprint density at radius 1 is 1.12 bits per heavy atom. The molecule has 0 spiro atoms. The minimum absolute atomic E-state index is 0.0531. The third-order valence-corrected chi connectivity index (χ3v) is 4.10. The van der Waals surface area contributed by atoms with Gasteiger partial charge in [0.1, 0.15) is 5.82 Å². The maximum absolute atomic E-state index is 13.1. The van der Waals surface area contributed by atoms with Crippen molar-refractivity contribution in [1.29, 1.82) is 0 Å². The second-order valence-corrected chi connectivity index (χ2v) is 5.86. The van der Waals surface area contributed by atoms with Crippen molar-refractivity contribution in [2.45, 2.75) is 19.3 Å². The van der Waals surface area contributed by atoms with Crippen LogP contribution in [-0.4, -0.2) is 24.9 Å². The number of carbonyl (C=O) groups is 2. The summed E-state index contributed by atoms with van der Waals surface area (Å²) in [6.07, 6.45) is 1.94. The molecule has 0 unspecified atom stereocenters. The molecule has 0 saturated heterocycles. The number of amides is 2. The van der Waals surface area contributed by atoms with Gasteiger partial charge in [-0.1, -0.05) is 30.3 Å². The summed E-state index contributed by atoms with van der Waals surface area (Å²) in [4.78, 5) is 26.1. The quantitative estimate of drug-likeness (QED) is 0.938. The fourth-order valence-corrected chi connectivity index (χ4v) is 2.96. The molecule has 124 valence electrons. The molecular formula is C19H19FN2O2. The maximum atomic E-state index is 13.1. The van der Waals surface area contributed by atoms with Crippen molar-refractivity contribution >= 4 is 17.5 Å². The molecular weight excluding hydrogens is 307 g/mol. The normalized spacial score (nSPS) is 13.3. The number of anilines is 1. The number of hydrogen-bond donors (Lipinski definition) is 1. The predicted octanol–water partition coefficient (Wildman–Crippen LogP) is 2.46. The van der Waals surface area contributed by atoms with Crippen molar-refractivity contribution in [1.82, 2.24) is 5.32 Å². The number of carbonyl (C=O) groups excluding carboxylic acids is 2. The number of fused-ring (bicyclic) bond motifs is 1. The Morgan fingerprint density at radius 3 is 2.79 bits per heavy atom. The molecule has 2 aromatic carbocycles. The molecule has 2 amide bonds. The van der Waals surface area contributed by atoms with Crippen molar-refractivity contribution < 1.29 is 14.0 Å². The largest absolute Gasteiger partial charge is 0.347 e. The minimum atomic E-state index is -0.374. The number of rotatable bonds is 4. The molecule has 1 aliphatic heterocycles. The van der Waals surface area contributed by atoms with Gasteiger partial charge in [-0.15, -0.1) is 0 Å². The molecule has 4 nitrogen and oxygen atoms in total. The van der Waals surface area contributed by atoms with E-state index in [9.17, 15) is 14.0 Å². The van der Waals surface area contributed by atoms with E-state index in [-0.39, 0.29) is 30.6 Å². The molecule has 0 atom stereocenters. The molecule has 0 bridgehead atoms. The number of benzene rings is 2. The van der Waals surface area contributed by atoms with Crippen LogP contribution in [0.4, 0.5) is 10.1 Å². The summed E-state index contributed by atoms with van der Waals surface area (Å²) in [5.41, 5.74) is 2.67. The fourth-order valence-electron chi connectivity index (χ4n) is 2.96. The summed E-state index contributed by atoms with van der Waals surface area (Å²) in [5, 5.41) is 2.63. The highest BCUT2D eigenvalue weighted by Gasteiger charge is 2.22. The fraction of sp³-hybridized carbons (Fsp3) is 0.263. The highest BCUT2D eigenvalue weighted by Crippen LogP contribution is 2.26. The Labute approximate surface area is 140 Å². The molecule has 3 rings (SSSR count). The van der Waals surface area contributed by atoms with Gasteiger partial charge in [-0.2, -0.15) is 0 Å². The lowest BCUT2D eigenvalue weighted by Crippen LogP contribution is -2.43. The van der Waals surface area contributed by atoms with Crippen molar-refractivity contribution in [2.75, 3.05) is 18.0 Å². The number of nitrogens with one attached hydrogen (secondary N) is 1. The smallest absolute Gasteiger partial charge is 0.246 e. The van der Waals surface area contributed by atoms with Crippen LogP contribution in [0.5, 0.6) is 0 Å². The van der Waals surface area contributed by atoms with Crippen LogP contribution in [0.2, 0.25) is 0 Å². The van der Waals surface area contributed by atoms with Gasteiger partial charge in [0, 0.05) is 12.2 Å². The van der Waals surface area contributed by atoms with Crippen molar-refractivity contribution in [2.24, 2.45) is 0 Å². The number of aryl methyl sites for hydroxylation is 1. The number of halogens is 1. The van der Waals surface area contributed by atoms with E-state index < -0.39 is 0 Å². The van der Waals surface area contributed by atoms with E-state index in [1.54, 1.807) is 17.0 Å². The van der Waals surface area contributed by atoms with Gasteiger partial charge in [0.2, 0.25) is 11.8 Å². The highest BCUT2D eigenvalue weighted by molar-refractivity contribution is 5.97. The van der Waals surface area contributed by atoms with Crippen LogP contribution in [0, 0.1) is 5.82 Å². The zero-order chi connectivity index (χ0) is 16.9. The Morgan fingerprint density at radius 2 is 1.96 bits per heavy atom. The van der Waals surface area contributed by atoms with E-state index in [4.69, 9.17) is 0 Å². The summed E-state index contributed by atoms with van der Waals surface area (Å²) in [6, 6.07) is 13.7. The Kier molecular flexibility index (Phi) is 4.89. The maximum Gasteiger partial charge on any atom is 0.246 e. The van der Waals surface area contributed by atoms with E-state index in [0.717, 1.165) is 24.1 Å². The van der Waals surface area contributed by atoms with Crippen molar-refractivity contribution in [3.05, 3.63) is 65.5 Å². The van der Waals surface area contributed by atoms with E-state index in [0.29, 0.717) is 12.1 Å². The lowest BCUT2D eigenvalue weighted by molar-refractivity contribution is -0.124. The zero-order valence-electron chi connectivity index (χ0n) is 13.3. The van der Waals surface area contributed by atoms with Crippen LogP contribution < -0.4 is 10.2 Å². The molecule has 24 heavy (non-hydrogen) atoms. The average molecular weight is 326 g/mol. The first kappa shape index (κ1) is 16.2. The topological polar surface area (TPSA) is 49.4 Å². The van der Waals surface area contributed by atoms with Gasteiger partial charge in [0.15, 0.2) is 0 Å². The third-order valence-electron chi connectivity index (χ3n) is 4.10. The SMILES string of the molecule is O=C(Cc1cccc(F)c1)NCC(=O)N1CCCc2ccccc21. The van der Waals surface area contributed by atoms with Crippen LogP contribution in [0.25, 0.3) is 0 Å². The third kappa shape index (κ3) is 3.79. The van der Waals surface area contributed by atoms with Gasteiger partial charge in [0.25, 0.3) is 0 Å². The first-order valence-electron chi connectivity index (χ1n) is 8.03. The van der Waals surface area contributed by atoms with Crippen LogP contribution >= 0.6 is 0 Å². The van der Waals surface area contributed by atoms with E-state index >= 15 is 0 Å². The van der Waals surface area contributed by atoms with Gasteiger partial charge in [-0.25, -0.2) is 4.39 Å². The van der Waals surface area contributed by atoms with Gasteiger partial charge in [-0.05, 0) is 42.2 Å². The minimum Gasteiger partial charge on any atom is -0.347 e. The standard InChI is InChI=1S/C19H19FN2O2/c20-16-8-3-5-14(11-16)12-18(23)21-13-19(24)22-10-4-7-15-6-1-2-9-17(15)22/h1-3,5-6,8-9,11H,4,7,10,12-13H2,(H,21,23). The molecule has 0 aromatic heterocycles. The molecule has 0 radical (unpaired) electrons. The van der Waals surface area contributed by atoms with Gasteiger partial charge >= 0.3 is 0 Å². The molecule has 5 heteroatoms. The van der Waals surface area contributed by atoms with Crippen LogP contribution in [0.3, 0.4) is 0 Å². The molecule has 1 heterocycles. The lowest BCUT2D eigenvalue weighted by atomic mass is 10.0. The Bertz CT molecular complexity index is 761. The Hall–Kier alpha value is -2.69.